The summed E-state index contributed by atoms with van der Waals surface area (Å²) in [7, 11) is 0. The molecule has 0 aliphatic rings. The number of hydrogen-bond acceptors (Lipinski definition) is 2. The average Bonchev–Trinajstić information content (AvgIpc) is 2.42. The van der Waals surface area contributed by atoms with Gasteiger partial charge < -0.3 is 11.1 Å². The molecule has 0 saturated carbocycles. The zero-order valence-corrected chi connectivity index (χ0v) is 12.3. The third-order valence-corrected chi connectivity index (χ3v) is 3.48. The van der Waals surface area contributed by atoms with Crippen LogP contribution in [-0.4, -0.2) is 11.9 Å². The molecule has 3 nitrogen and oxygen atoms in total. The summed E-state index contributed by atoms with van der Waals surface area (Å²) in [5, 5.41) is 2.92. The van der Waals surface area contributed by atoms with Gasteiger partial charge in [0, 0.05) is 19.0 Å². The Balaban J connectivity index is 2.39. The molecule has 0 bridgehead atoms. The van der Waals surface area contributed by atoms with Crippen LogP contribution in [0.4, 0.5) is 0 Å². The highest BCUT2D eigenvalue weighted by Gasteiger charge is 2.05. The summed E-state index contributed by atoms with van der Waals surface area (Å²) in [5.74, 6) is 0.665. The molecule has 19 heavy (non-hydrogen) atoms. The summed E-state index contributed by atoms with van der Waals surface area (Å²) in [6.45, 7) is 6.93. The van der Waals surface area contributed by atoms with Crippen LogP contribution in [0.3, 0.4) is 0 Å². The van der Waals surface area contributed by atoms with Crippen molar-refractivity contribution in [2.45, 2.75) is 58.5 Å². The van der Waals surface area contributed by atoms with E-state index in [1.807, 2.05) is 6.92 Å². The van der Waals surface area contributed by atoms with Gasteiger partial charge in [-0.05, 0) is 36.8 Å². The number of carbonyl (C=O) groups excluding carboxylic acids is 1. The standard InChI is InChI=1S/C16H26N2O/c1-4-12(2)15-8-6-14(7-9-15)11-18-16(19)10-5-13(3)17/h6-9,12-13H,4-5,10-11,17H2,1-3H3,(H,18,19). The molecule has 1 aromatic rings. The van der Waals surface area contributed by atoms with E-state index in [2.05, 4.69) is 43.4 Å². The highest BCUT2D eigenvalue weighted by Crippen LogP contribution is 2.18. The first-order valence-corrected chi connectivity index (χ1v) is 7.14. The summed E-state index contributed by atoms with van der Waals surface area (Å²) in [6, 6.07) is 8.57. The topological polar surface area (TPSA) is 55.1 Å². The van der Waals surface area contributed by atoms with Crippen molar-refractivity contribution < 1.29 is 4.79 Å². The predicted molar refractivity (Wildman–Crippen MR) is 79.9 cm³/mol. The quantitative estimate of drug-likeness (QED) is 0.793. The van der Waals surface area contributed by atoms with Crippen molar-refractivity contribution in [3.05, 3.63) is 35.4 Å². The minimum atomic E-state index is 0.0725. The fourth-order valence-corrected chi connectivity index (χ4v) is 1.85. The van der Waals surface area contributed by atoms with Crippen LogP contribution in [0.5, 0.6) is 0 Å². The van der Waals surface area contributed by atoms with Crippen LogP contribution in [0.25, 0.3) is 0 Å². The zero-order valence-electron chi connectivity index (χ0n) is 12.3. The number of carbonyl (C=O) groups is 1. The third kappa shape index (κ3) is 5.88. The van der Waals surface area contributed by atoms with E-state index in [0.717, 1.165) is 18.4 Å². The Kier molecular flexibility index (Phi) is 6.57. The molecule has 0 fully saturated rings. The fourth-order valence-electron chi connectivity index (χ4n) is 1.85. The Morgan fingerprint density at radius 3 is 2.42 bits per heavy atom. The summed E-state index contributed by atoms with van der Waals surface area (Å²) in [5.41, 5.74) is 8.12. The summed E-state index contributed by atoms with van der Waals surface area (Å²) < 4.78 is 0. The highest BCUT2D eigenvalue weighted by molar-refractivity contribution is 5.75. The minimum absolute atomic E-state index is 0.0725. The number of nitrogens with two attached hydrogens (primary N) is 1. The van der Waals surface area contributed by atoms with Gasteiger partial charge in [-0.2, -0.15) is 0 Å². The van der Waals surface area contributed by atoms with Crippen molar-refractivity contribution in [2.75, 3.05) is 0 Å². The van der Waals surface area contributed by atoms with Gasteiger partial charge in [-0.3, -0.25) is 4.79 Å². The van der Waals surface area contributed by atoms with Crippen molar-refractivity contribution >= 4 is 5.91 Å². The van der Waals surface area contributed by atoms with E-state index in [9.17, 15) is 4.79 Å². The lowest BCUT2D eigenvalue weighted by Gasteiger charge is -2.10. The zero-order chi connectivity index (χ0) is 14.3. The van der Waals surface area contributed by atoms with E-state index in [1.54, 1.807) is 0 Å². The SMILES string of the molecule is CCC(C)c1ccc(CNC(=O)CCC(C)N)cc1. The molecule has 0 radical (unpaired) electrons. The number of amides is 1. The van der Waals surface area contributed by atoms with Crippen LogP contribution < -0.4 is 11.1 Å². The predicted octanol–water partition coefficient (Wildman–Crippen LogP) is 2.94. The van der Waals surface area contributed by atoms with Gasteiger partial charge in [0.2, 0.25) is 5.91 Å². The minimum Gasteiger partial charge on any atom is -0.352 e. The van der Waals surface area contributed by atoms with Crippen LogP contribution >= 0.6 is 0 Å². The second-order valence-electron chi connectivity index (χ2n) is 5.34. The number of hydrogen-bond donors (Lipinski definition) is 2. The van der Waals surface area contributed by atoms with Gasteiger partial charge in [-0.1, -0.05) is 38.1 Å². The molecule has 0 aliphatic heterocycles. The van der Waals surface area contributed by atoms with Crippen LogP contribution in [0.2, 0.25) is 0 Å². The van der Waals surface area contributed by atoms with Gasteiger partial charge >= 0.3 is 0 Å². The molecular weight excluding hydrogens is 236 g/mol. The second-order valence-corrected chi connectivity index (χ2v) is 5.34. The van der Waals surface area contributed by atoms with Crippen molar-refractivity contribution in [1.82, 2.24) is 5.32 Å². The molecule has 0 aliphatic carbocycles. The molecule has 0 heterocycles. The Morgan fingerprint density at radius 1 is 1.26 bits per heavy atom. The highest BCUT2D eigenvalue weighted by atomic mass is 16.1. The van der Waals surface area contributed by atoms with Gasteiger partial charge in [0.15, 0.2) is 0 Å². The molecule has 3 N–H and O–H groups in total. The Labute approximate surface area is 116 Å². The molecule has 1 amide bonds. The number of rotatable bonds is 7. The molecule has 2 unspecified atom stereocenters. The fraction of sp³-hybridized carbons (Fsp3) is 0.562. The van der Waals surface area contributed by atoms with Crippen LogP contribution in [0, 0.1) is 0 Å². The Bertz CT molecular complexity index is 384. The second kappa shape index (κ2) is 7.95. The molecule has 0 spiro atoms. The first-order chi connectivity index (χ1) is 9.02. The Morgan fingerprint density at radius 2 is 1.89 bits per heavy atom. The summed E-state index contributed by atoms with van der Waals surface area (Å²) >= 11 is 0. The molecule has 0 aromatic heterocycles. The monoisotopic (exact) mass is 262 g/mol. The molecule has 1 aromatic carbocycles. The van der Waals surface area contributed by atoms with Gasteiger partial charge in [0.25, 0.3) is 0 Å². The largest absolute Gasteiger partial charge is 0.352 e. The van der Waals surface area contributed by atoms with E-state index in [-0.39, 0.29) is 11.9 Å². The molecule has 0 saturated heterocycles. The van der Waals surface area contributed by atoms with Crippen molar-refractivity contribution in [2.24, 2.45) is 5.73 Å². The van der Waals surface area contributed by atoms with Crippen molar-refractivity contribution in [3.63, 3.8) is 0 Å². The first kappa shape index (κ1) is 15.7. The maximum atomic E-state index is 11.6. The summed E-state index contributed by atoms with van der Waals surface area (Å²) in [6.07, 6.45) is 2.38. The molecule has 3 heteroatoms. The van der Waals surface area contributed by atoms with E-state index in [0.29, 0.717) is 18.9 Å². The van der Waals surface area contributed by atoms with Crippen LogP contribution in [-0.2, 0) is 11.3 Å². The lowest BCUT2D eigenvalue weighted by molar-refractivity contribution is -0.121. The molecule has 1 rings (SSSR count). The third-order valence-electron chi connectivity index (χ3n) is 3.48. The molecular formula is C16H26N2O. The van der Waals surface area contributed by atoms with Gasteiger partial charge in [0.05, 0.1) is 0 Å². The maximum Gasteiger partial charge on any atom is 0.220 e. The van der Waals surface area contributed by atoms with Gasteiger partial charge in [-0.15, -0.1) is 0 Å². The lowest BCUT2D eigenvalue weighted by atomic mass is 9.98. The smallest absolute Gasteiger partial charge is 0.220 e. The molecule has 2 atom stereocenters. The van der Waals surface area contributed by atoms with Gasteiger partial charge in [0.1, 0.15) is 0 Å². The van der Waals surface area contributed by atoms with Crippen molar-refractivity contribution in [3.8, 4) is 0 Å². The summed E-state index contributed by atoms with van der Waals surface area (Å²) in [4.78, 5) is 11.6. The normalized spacial score (nSPS) is 13.9. The Hall–Kier alpha value is -1.35. The van der Waals surface area contributed by atoms with Crippen molar-refractivity contribution in [1.29, 1.82) is 0 Å². The number of benzene rings is 1. The average molecular weight is 262 g/mol. The van der Waals surface area contributed by atoms with E-state index in [4.69, 9.17) is 5.73 Å². The maximum absolute atomic E-state index is 11.6. The van der Waals surface area contributed by atoms with E-state index in [1.165, 1.54) is 5.56 Å². The lowest BCUT2D eigenvalue weighted by Crippen LogP contribution is -2.25. The van der Waals surface area contributed by atoms with E-state index >= 15 is 0 Å². The first-order valence-electron chi connectivity index (χ1n) is 7.14. The van der Waals surface area contributed by atoms with E-state index < -0.39 is 0 Å². The number of nitrogens with one attached hydrogen (secondary N) is 1. The van der Waals surface area contributed by atoms with Crippen LogP contribution in [0.15, 0.2) is 24.3 Å². The van der Waals surface area contributed by atoms with Gasteiger partial charge in [-0.25, -0.2) is 0 Å². The van der Waals surface area contributed by atoms with Crippen LogP contribution in [0.1, 0.15) is 57.1 Å². The molecule has 106 valence electrons.